The Kier molecular flexibility index (Phi) is 4.39. The first-order valence-corrected chi connectivity index (χ1v) is 6.78. The molecule has 0 spiro atoms. The molecule has 1 saturated heterocycles. The molecule has 0 N–H and O–H groups in total. The van der Waals surface area contributed by atoms with Gasteiger partial charge in [0, 0.05) is 20.2 Å². The number of aromatic nitrogens is 2. The summed E-state index contributed by atoms with van der Waals surface area (Å²) in [5.74, 6) is 0.690. The van der Waals surface area contributed by atoms with E-state index in [-0.39, 0.29) is 28.6 Å². The van der Waals surface area contributed by atoms with E-state index in [1.807, 2.05) is 4.90 Å². The van der Waals surface area contributed by atoms with Crippen LogP contribution < -0.4 is 4.90 Å². The first kappa shape index (κ1) is 14.9. The number of piperidine rings is 1. The molecule has 0 amide bonds. The summed E-state index contributed by atoms with van der Waals surface area (Å²) in [6.07, 6.45) is 0.911. The molecule has 0 aliphatic carbocycles. The van der Waals surface area contributed by atoms with Crippen molar-refractivity contribution in [3.8, 4) is 0 Å². The average molecular weight is 301 g/mol. The highest BCUT2D eigenvalue weighted by Crippen LogP contribution is 2.33. The maximum Gasteiger partial charge on any atom is 0.332 e. The van der Waals surface area contributed by atoms with Gasteiger partial charge in [0.25, 0.3) is 0 Å². The van der Waals surface area contributed by atoms with E-state index in [2.05, 4.69) is 16.9 Å². The second kappa shape index (κ2) is 5.88. The molecule has 2 unspecified atom stereocenters. The lowest BCUT2D eigenvalue weighted by Crippen LogP contribution is -2.44. The standard InChI is InChI=1S/C12H17ClN4O3/c1-7-4-5-16(6-9(7)20-3)11-10(17(18)19)8(2)14-12(13)15-11/h7,9H,4-6H2,1-3H3. The van der Waals surface area contributed by atoms with Gasteiger partial charge in [-0.2, -0.15) is 4.98 Å². The van der Waals surface area contributed by atoms with E-state index in [0.717, 1.165) is 6.42 Å². The molecular weight excluding hydrogens is 284 g/mol. The van der Waals surface area contributed by atoms with E-state index in [9.17, 15) is 10.1 Å². The Morgan fingerprint density at radius 2 is 2.20 bits per heavy atom. The Morgan fingerprint density at radius 1 is 1.50 bits per heavy atom. The Bertz CT molecular complexity index is 526. The largest absolute Gasteiger partial charge is 0.379 e. The Morgan fingerprint density at radius 3 is 2.80 bits per heavy atom. The molecule has 20 heavy (non-hydrogen) atoms. The molecule has 2 heterocycles. The number of hydrogen-bond acceptors (Lipinski definition) is 6. The highest BCUT2D eigenvalue weighted by molar-refractivity contribution is 6.28. The highest BCUT2D eigenvalue weighted by Gasteiger charge is 2.32. The molecular formula is C12H17ClN4O3. The maximum absolute atomic E-state index is 11.2. The van der Waals surface area contributed by atoms with Gasteiger partial charge in [-0.15, -0.1) is 0 Å². The maximum atomic E-state index is 11.2. The van der Waals surface area contributed by atoms with Crippen molar-refractivity contribution in [1.29, 1.82) is 0 Å². The predicted molar refractivity (Wildman–Crippen MR) is 75.2 cm³/mol. The van der Waals surface area contributed by atoms with Crippen LogP contribution in [0.3, 0.4) is 0 Å². The molecule has 1 aliphatic rings. The van der Waals surface area contributed by atoms with Crippen molar-refractivity contribution in [2.75, 3.05) is 25.1 Å². The predicted octanol–water partition coefficient (Wildman–Crippen LogP) is 2.21. The number of rotatable bonds is 3. The minimum Gasteiger partial charge on any atom is -0.379 e. The molecule has 2 atom stereocenters. The molecule has 8 heteroatoms. The minimum atomic E-state index is -0.458. The topological polar surface area (TPSA) is 81.4 Å². The van der Waals surface area contributed by atoms with Gasteiger partial charge in [-0.1, -0.05) is 6.92 Å². The van der Waals surface area contributed by atoms with E-state index >= 15 is 0 Å². The van der Waals surface area contributed by atoms with Crippen molar-refractivity contribution in [1.82, 2.24) is 9.97 Å². The van der Waals surface area contributed by atoms with Gasteiger partial charge in [-0.25, -0.2) is 4.98 Å². The van der Waals surface area contributed by atoms with Crippen LogP contribution in [0.25, 0.3) is 0 Å². The number of anilines is 1. The molecule has 1 aliphatic heterocycles. The van der Waals surface area contributed by atoms with Gasteiger partial charge >= 0.3 is 5.69 Å². The van der Waals surface area contributed by atoms with Crippen molar-refractivity contribution >= 4 is 23.1 Å². The highest BCUT2D eigenvalue weighted by atomic mass is 35.5. The first-order chi connectivity index (χ1) is 9.43. The number of methoxy groups -OCH3 is 1. The molecule has 0 saturated carbocycles. The van der Waals surface area contributed by atoms with Gasteiger partial charge in [-0.05, 0) is 30.9 Å². The number of aryl methyl sites for hydroxylation is 1. The monoisotopic (exact) mass is 300 g/mol. The second-order valence-corrected chi connectivity index (χ2v) is 5.33. The van der Waals surface area contributed by atoms with Crippen molar-refractivity contribution in [2.45, 2.75) is 26.4 Å². The summed E-state index contributed by atoms with van der Waals surface area (Å²) in [5.41, 5.74) is 0.191. The van der Waals surface area contributed by atoms with E-state index in [4.69, 9.17) is 16.3 Å². The molecule has 7 nitrogen and oxygen atoms in total. The molecule has 1 fully saturated rings. The lowest BCUT2D eigenvalue weighted by molar-refractivity contribution is -0.385. The van der Waals surface area contributed by atoms with E-state index in [1.54, 1.807) is 14.0 Å². The molecule has 110 valence electrons. The van der Waals surface area contributed by atoms with E-state index < -0.39 is 4.92 Å². The molecule has 0 bridgehead atoms. The van der Waals surface area contributed by atoms with Gasteiger partial charge in [0.2, 0.25) is 11.1 Å². The second-order valence-electron chi connectivity index (χ2n) is 4.99. The van der Waals surface area contributed by atoms with Crippen LogP contribution in [0.4, 0.5) is 11.5 Å². The summed E-state index contributed by atoms with van der Waals surface area (Å²) >= 11 is 5.84. The zero-order chi connectivity index (χ0) is 14.9. The lowest BCUT2D eigenvalue weighted by Gasteiger charge is -2.36. The summed E-state index contributed by atoms with van der Waals surface area (Å²) in [6.45, 7) is 4.92. The number of ether oxygens (including phenoxy) is 1. The number of nitro groups is 1. The summed E-state index contributed by atoms with van der Waals surface area (Å²) in [5, 5.41) is 11.3. The van der Waals surface area contributed by atoms with Crippen LogP contribution in [0.15, 0.2) is 0 Å². The normalized spacial score (nSPS) is 22.9. The zero-order valence-electron chi connectivity index (χ0n) is 11.7. The van der Waals surface area contributed by atoms with Crippen LogP contribution in [0.5, 0.6) is 0 Å². The van der Waals surface area contributed by atoms with Crippen LogP contribution in [0.1, 0.15) is 19.0 Å². The van der Waals surface area contributed by atoms with Crippen LogP contribution >= 0.6 is 11.6 Å². The van der Waals surface area contributed by atoms with Crippen LogP contribution in [0, 0.1) is 23.0 Å². The van der Waals surface area contributed by atoms with Crippen molar-refractivity contribution in [3.63, 3.8) is 0 Å². The van der Waals surface area contributed by atoms with Gasteiger partial charge in [-0.3, -0.25) is 10.1 Å². The third kappa shape index (κ3) is 2.83. The summed E-state index contributed by atoms with van der Waals surface area (Å²) in [7, 11) is 1.65. The Hall–Kier alpha value is -1.47. The van der Waals surface area contributed by atoms with Crippen LogP contribution in [0.2, 0.25) is 5.28 Å². The smallest absolute Gasteiger partial charge is 0.332 e. The van der Waals surface area contributed by atoms with Gasteiger partial charge < -0.3 is 9.64 Å². The van der Waals surface area contributed by atoms with Crippen LogP contribution in [-0.2, 0) is 4.74 Å². The fourth-order valence-electron chi connectivity index (χ4n) is 2.49. The molecule has 2 rings (SSSR count). The van der Waals surface area contributed by atoms with Crippen molar-refractivity contribution in [3.05, 3.63) is 21.1 Å². The number of halogens is 1. The number of nitrogens with zero attached hydrogens (tertiary/aromatic N) is 4. The van der Waals surface area contributed by atoms with Crippen LogP contribution in [-0.4, -0.2) is 41.2 Å². The molecule has 0 aromatic carbocycles. The molecule has 1 aromatic heterocycles. The minimum absolute atomic E-state index is 0.0238. The Balaban J connectivity index is 2.39. The third-order valence-corrected chi connectivity index (χ3v) is 3.86. The zero-order valence-corrected chi connectivity index (χ0v) is 12.4. The van der Waals surface area contributed by atoms with Crippen molar-refractivity contribution in [2.24, 2.45) is 5.92 Å². The Labute approximate surface area is 122 Å². The van der Waals surface area contributed by atoms with E-state index in [0.29, 0.717) is 19.0 Å². The lowest BCUT2D eigenvalue weighted by atomic mass is 9.96. The quantitative estimate of drug-likeness (QED) is 0.483. The average Bonchev–Trinajstić information content (AvgIpc) is 2.37. The third-order valence-electron chi connectivity index (χ3n) is 3.69. The summed E-state index contributed by atoms with van der Waals surface area (Å²) < 4.78 is 5.43. The SMILES string of the molecule is COC1CN(c2nc(Cl)nc(C)c2[N+](=O)[O-])CCC1C. The molecule has 1 aromatic rings. The molecule has 0 radical (unpaired) electrons. The van der Waals surface area contributed by atoms with Gasteiger partial charge in [0.1, 0.15) is 5.69 Å². The number of hydrogen-bond donors (Lipinski definition) is 0. The fraction of sp³-hybridized carbons (Fsp3) is 0.667. The fourth-order valence-corrected chi connectivity index (χ4v) is 2.69. The van der Waals surface area contributed by atoms with Crippen molar-refractivity contribution < 1.29 is 9.66 Å². The van der Waals surface area contributed by atoms with Gasteiger partial charge in [0.05, 0.1) is 11.0 Å². The summed E-state index contributed by atoms with van der Waals surface area (Å²) in [4.78, 5) is 20.5. The van der Waals surface area contributed by atoms with E-state index in [1.165, 1.54) is 0 Å². The summed E-state index contributed by atoms with van der Waals surface area (Å²) in [6, 6.07) is 0. The first-order valence-electron chi connectivity index (χ1n) is 6.40. The van der Waals surface area contributed by atoms with Gasteiger partial charge in [0.15, 0.2) is 0 Å².